The first-order chi connectivity index (χ1) is 10.3. The number of hydrogen-bond donors (Lipinski definition) is 4. The minimum atomic E-state index is -1.07. The van der Waals surface area contributed by atoms with Crippen LogP contribution in [0, 0.1) is 0 Å². The molecule has 0 unspecified atom stereocenters. The molecule has 116 valence electrons. The van der Waals surface area contributed by atoms with Crippen molar-refractivity contribution >= 4 is 5.91 Å². The molecule has 1 fully saturated rings. The maximum Gasteiger partial charge on any atom is 0.250 e. The van der Waals surface area contributed by atoms with Gasteiger partial charge in [0.1, 0.15) is 0 Å². The van der Waals surface area contributed by atoms with E-state index in [-0.39, 0.29) is 11.9 Å². The van der Waals surface area contributed by atoms with Gasteiger partial charge in [0.2, 0.25) is 0 Å². The van der Waals surface area contributed by atoms with E-state index < -0.39 is 6.10 Å². The minimum absolute atomic E-state index is 0.310. The van der Waals surface area contributed by atoms with Crippen LogP contribution in [0.4, 0.5) is 0 Å². The van der Waals surface area contributed by atoms with Gasteiger partial charge in [0.25, 0.3) is 5.91 Å². The third kappa shape index (κ3) is 5.12. The molecule has 5 nitrogen and oxygen atoms in total. The lowest BCUT2D eigenvalue weighted by Crippen LogP contribution is -2.44. The Labute approximate surface area is 126 Å². The van der Waals surface area contributed by atoms with E-state index in [9.17, 15) is 9.90 Å². The fraction of sp³-hybridized carbons (Fsp3) is 0.562. The van der Waals surface area contributed by atoms with Gasteiger partial charge in [-0.15, -0.1) is 0 Å². The fourth-order valence-corrected chi connectivity index (χ4v) is 2.51. The van der Waals surface area contributed by atoms with Crippen molar-refractivity contribution in [2.75, 3.05) is 26.2 Å². The summed E-state index contributed by atoms with van der Waals surface area (Å²) in [5.74, 6) is -0.310. The topological polar surface area (TPSA) is 73.4 Å². The van der Waals surface area contributed by atoms with Crippen LogP contribution < -0.4 is 16.0 Å². The monoisotopic (exact) mass is 291 g/mol. The highest BCUT2D eigenvalue weighted by molar-refractivity contribution is 5.81. The maximum absolute atomic E-state index is 12.1. The van der Waals surface area contributed by atoms with Gasteiger partial charge in [0.15, 0.2) is 6.10 Å². The largest absolute Gasteiger partial charge is 0.381 e. The van der Waals surface area contributed by atoms with Crippen molar-refractivity contribution < 1.29 is 9.90 Å². The zero-order valence-corrected chi connectivity index (χ0v) is 12.3. The van der Waals surface area contributed by atoms with Gasteiger partial charge in [-0.1, -0.05) is 30.3 Å². The molecule has 1 aliphatic heterocycles. The SMILES string of the molecule is O=C1NCCCNCCCCN[C@H](c2ccccc2)[C@@H]1O. The van der Waals surface area contributed by atoms with Crippen LogP contribution in [0.1, 0.15) is 30.9 Å². The zero-order chi connectivity index (χ0) is 14.9. The van der Waals surface area contributed by atoms with E-state index in [2.05, 4.69) is 16.0 Å². The summed E-state index contributed by atoms with van der Waals surface area (Å²) < 4.78 is 0. The van der Waals surface area contributed by atoms with E-state index in [1.807, 2.05) is 30.3 Å². The molecule has 1 aromatic rings. The van der Waals surface area contributed by atoms with Crippen LogP contribution in [-0.4, -0.2) is 43.3 Å². The van der Waals surface area contributed by atoms with Crippen molar-refractivity contribution in [2.24, 2.45) is 0 Å². The molecule has 1 aliphatic rings. The first kappa shape index (κ1) is 15.9. The lowest BCUT2D eigenvalue weighted by atomic mass is 10.0. The second kappa shape index (κ2) is 8.77. The number of amides is 1. The van der Waals surface area contributed by atoms with Gasteiger partial charge in [-0.25, -0.2) is 0 Å². The summed E-state index contributed by atoms with van der Waals surface area (Å²) in [7, 11) is 0. The molecule has 21 heavy (non-hydrogen) atoms. The summed E-state index contributed by atoms with van der Waals surface area (Å²) in [5.41, 5.74) is 0.938. The van der Waals surface area contributed by atoms with Crippen molar-refractivity contribution in [3.05, 3.63) is 35.9 Å². The highest BCUT2D eigenvalue weighted by atomic mass is 16.3. The van der Waals surface area contributed by atoms with Crippen LogP contribution in [0.25, 0.3) is 0 Å². The smallest absolute Gasteiger partial charge is 0.250 e. The molecule has 1 amide bonds. The minimum Gasteiger partial charge on any atom is -0.381 e. The Morgan fingerprint density at radius 3 is 2.48 bits per heavy atom. The lowest BCUT2D eigenvalue weighted by Gasteiger charge is -2.24. The quantitative estimate of drug-likeness (QED) is 0.610. The predicted octanol–water partition coefficient (Wildman–Crippen LogP) is 0.568. The summed E-state index contributed by atoms with van der Waals surface area (Å²) in [6, 6.07) is 9.29. The van der Waals surface area contributed by atoms with Crippen LogP contribution in [0.3, 0.4) is 0 Å². The predicted molar refractivity (Wildman–Crippen MR) is 82.9 cm³/mol. The highest BCUT2D eigenvalue weighted by Gasteiger charge is 2.26. The molecular weight excluding hydrogens is 266 g/mol. The van der Waals surface area contributed by atoms with E-state index in [4.69, 9.17) is 0 Å². The van der Waals surface area contributed by atoms with Crippen molar-refractivity contribution in [2.45, 2.75) is 31.4 Å². The first-order valence-electron chi connectivity index (χ1n) is 7.74. The van der Waals surface area contributed by atoms with Gasteiger partial charge in [0.05, 0.1) is 6.04 Å². The molecule has 0 aromatic heterocycles. The normalized spacial score (nSPS) is 26.0. The van der Waals surface area contributed by atoms with Crippen molar-refractivity contribution in [3.8, 4) is 0 Å². The molecule has 1 aromatic carbocycles. The Morgan fingerprint density at radius 2 is 1.67 bits per heavy atom. The van der Waals surface area contributed by atoms with E-state index in [1.54, 1.807) is 0 Å². The van der Waals surface area contributed by atoms with E-state index in [0.29, 0.717) is 6.54 Å². The first-order valence-corrected chi connectivity index (χ1v) is 7.74. The molecule has 0 saturated carbocycles. The molecule has 1 saturated heterocycles. The second-order valence-electron chi connectivity index (χ2n) is 5.39. The van der Waals surface area contributed by atoms with Gasteiger partial charge < -0.3 is 21.1 Å². The van der Waals surface area contributed by atoms with Gasteiger partial charge in [0, 0.05) is 6.54 Å². The van der Waals surface area contributed by atoms with Crippen molar-refractivity contribution in [3.63, 3.8) is 0 Å². The number of aliphatic hydroxyl groups is 1. The van der Waals surface area contributed by atoms with Crippen LogP contribution in [-0.2, 0) is 4.79 Å². The van der Waals surface area contributed by atoms with Crippen molar-refractivity contribution in [1.29, 1.82) is 0 Å². The van der Waals surface area contributed by atoms with E-state index in [0.717, 1.165) is 44.5 Å². The molecule has 0 radical (unpaired) electrons. The van der Waals surface area contributed by atoms with E-state index >= 15 is 0 Å². The number of benzene rings is 1. The van der Waals surface area contributed by atoms with E-state index in [1.165, 1.54) is 0 Å². The summed E-state index contributed by atoms with van der Waals surface area (Å²) in [6.45, 7) is 3.26. The number of hydrogen-bond acceptors (Lipinski definition) is 4. The summed E-state index contributed by atoms with van der Waals surface area (Å²) in [5, 5.41) is 19.8. The molecular formula is C16H25N3O2. The Morgan fingerprint density at radius 1 is 0.952 bits per heavy atom. The molecule has 1 heterocycles. The van der Waals surface area contributed by atoms with Crippen molar-refractivity contribution in [1.82, 2.24) is 16.0 Å². The summed E-state index contributed by atoms with van der Waals surface area (Å²) in [4.78, 5) is 12.1. The van der Waals surface area contributed by atoms with Crippen LogP contribution in [0.2, 0.25) is 0 Å². The number of nitrogens with one attached hydrogen (secondary N) is 3. The summed E-state index contributed by atoms with van der Waals surface area (Å²) in [6.07, 6.45) is 1.92. The average Bonchev–Trinajstić information content (AvgIpc) is 2.53. The van der Waals surface area contributed by atoms with Crippen LogP contribution >= 0.6 is 0 Å². The lowest BCUT2D eigenvalue weighted by molar-refractivity contribution is -0.130. The third-order valence-corrected chi connectivity index (χ3v) is 3.72. The fourth-order valence-electron chi connectivity index (χ4n) is 2.51. The number of carbonyl (C=O) groups is 1. The van der Waals surface area contributed by atoms with Crippen LogP contribution in [0.15, 0.2) is 30.3 Å². The van der Waals surface area contributed by atoms with Gasteiger partial charge in [-0.2, -0.15) is 0 Å². The van der Waals surface area contributed by atoms with Gasteiger partial charge >= 0.3 is 0 Å². The Bertz CT molecular complexity index is 425. The molecule has 0 spiro atoms. The van der Waals surface area contributed by atoms with Crippen LogP contribution in [0.5, 0.6) is 0 Å². The third-order valence-electron chi connectivity index (χ3n) is 3.72. The molecule has 4 N–H and O–H groups in total. The zero-order valence-electron chi connectivity index (χ0n) is 12.3. The molecule has 5 heteroatoms. The second-order valence-corrected chi connectivity index (χ2v) is 5.39. The molecule has 2 atom stereocenters. The Hall–Kier alpha value is -1.43. The number of aliphatic hydroxyl groups excluding tert-OH is 1. The molecule has 0 aliphatic carbocycles. The Balaban J connectivity index is 2.07. The standard InChI is InChI=1S/C16H25N3O2/c20-15-14(13-7-2-1-3-8-13)18-11-5-4-9-17-10-6-12-19-16(15)21/h1-3,7-8,14-15,17-18,20H,4-6,9-12H2,(H,19,21)/t14-,15+/m1/s1. The molecule has 2 rings (SSSR count). The summed E-state index contributed by atoms with van der Waals surface area (Å²) >= 11 is 0. The number of carbonyl (C=O) groups excluding carboxylic acids is 1. The average molecular weight is 291 g/mol. The van der Waals surface area contributed by atoms with Gasteiger partial charge in [-0.3, -0.25) is 4.79 Å². The maximum atomic E-state index is 12.1. The Kier molecular flexibility index (Phi) is 6.66. The molecule has 0 bridgehead atoms. The highest BCUT2D eigenvalue weighted by Crippen LogP contribution is 2.17. The van der Waals surface area contributed by atoms with Gasteiger partial charge in [-0.05, 0) is 44.5 Å². The number of rotatable bonds is 1.